The van der Waals surface area contributed by atoms with Gasteiger partial charge in [-0.15, -0.1) is 0 Å². The first-order chi connectivity index (χ1) is 10.8. The van der Waals surface area contributed by atoms with Crippen LogP contribution in [0.25, 0.3) is 0 Å². The van der Waals surface area contributed by atoms with Crippen LogP contribution in [-0.4, -0.2) is 35.9 Å². The smallest absolute Gasteiger partial charge is 0.190 e. The Bertz CT molecular complexity index is 580. The van der Waals surface area contributed by atoms with E-state index in [2.05, 4.69) is 26.8 Å². The van der Waals surface area contributed by atoms with Crippen molar-refractivity contribution in [1.29, 1.82) is 0 Å². The average Bonchev–Trinajstić information content (AvgIpc) is 3.03. The molecule has 0 amide bonds. The molecule has 5 nitrogen and oxygen atoms in total. The standard InChI is InChI=1S/C16H22ClN5/c1-18-16(19-8-3-11-22-12-4-9-21-22)20-10-7-14-5-2-6-15(17)13-14/h2,4-6,9,12-13H,3,7-8,10-11H2,1H3,(H2,18,19,20). The molecule has 1 aromatic heterocycles. The summed E-state index contributed by atoms with van der Waals surface area (Å²) < 4.78 is 1.93. The molecule has 118 valence electrons. The highest BCUT2D eigenvalue weighted by atomic mass is 35.5. The summed E-state index contributed by atoms with van der Waals surface area (Å²) in [5, 5.41) is 11.6. The molecular weight excluding hydrogens is 298 g/mol. The van der Waals surface area contributed by atoms with E-state index in [1.807, 2.05) is 35.1 Å². The Morgan fingerprint density at radius 2 is 2.14 bits per heavy atom. The van der Waals surface area contributed by atoms with Gasteiger partial charge in [-0.1, -0.05) is 23.7 Å². The van der Waals surface area contributed by atoms with Crippen LogP contribution < -0.4 is 10.6 Å². The molecule has 1 heterocycles. The first kappa shape index (κ1) is 16.4. The van der Waals surface area contributed by atoms with Crippen LogP contribution in [0, 0.1) is 0 Å². The second kappa shape index (κ2) is 9.10. The first-order valence-electron chi connectivity index (χ1n) is 7.44. The number of rotatable bonds is 7. The second-order valence-corrected chi connectivity index (χ2v) is 5.36. The summed E-state index contributed by atoms with van der Waals surface area (Å²) in [6.45, 7) is 2.58. The van der Waals surface area contributed by atoms with Crippen molar-refractivity contribution in [2.75, 3.05) is 20.1 Å². The summed E-state index contributed by atoms with van der Waals surface area (Å²) in [5.41, 5.74) is 1.22. The quantitative estimate of drug-likeness (QED) is 0.468. The maximum absolute atomic E-state index is 5.98. The van der Waals surface area contributed by atoms with Gasteiger partial charge in [-0.3, -0.25) is 9.67 Å². The van der Waals surface area contributed by atoms with Crippen molar-refractivity contribution >= 4 is 17.6 Å². The number of hydrogen-bond donors (Lipinski definition) is 2. The number of halogens is 1. The highest BCUT2D eigenvalue weighted by Crippen LogP contribution is 2.10. The van der Waals surface area contributed by atoms with E-state index in [9.17, 15) is 0 Å². The zero-order valence-corrected chi connectivity index (χ0v) is 13.6. The molecule has 0 saturated heterocycles. The van der Waals surface area contributed by atoms with E-state index in [1.54, 1.807) is 13.2 Å². The average molecular weight is 320 g/mol. The van der Waals surface area contributed by atoms with Crippen LogP contribution in [-0.2, 0) is 13.0 Å². The molecule has 0 aliphatic rings. The zero-order valence-electron chi connectivity index (χ0n) is 12.8. The van der Waals surface area contributed by atoms with E-state index in [4.69, 9.17) is 11.6 Å². The number of benzene rings is 1. The number of aliphatic imine (C=N–C) groups is 1. The number of nitrogens with zero attached hydrogens (tertiary/aromatic N) is 3. The largest absolute Gasteiger partial charge is 0.356 e. The summed E-state index contributed by atoms with van der Waals surface area (Å²) >= 11 is 5.98. The predicted molar refractivity (Wildman–Crippen MR) is 91.4 cm³/mol. The minimum Gasteiger partial charge on any atom is -0.356 e. The predicted octanol–water partition coefficient (Wildman–Crippen LogP) is 2.33. The lowest BCUT2D eigenvalue weighted by molar-refractivity contribution is 0.570. The minimum absolute atomic E-state index is 0.777. The topological polar surface area (TPSA) is 54.2 Å². The molecule has 0 aliphatic carbocycles. The van der Waals surface area contributed by atoms with E-state index in [1.165, 1.54) is 5.56 Å². The van der Waals surface area contributed by atoms with Crippen LogP contribution in [0.15, 0.2) is 47.7 Å². The van der Waals surface area contributed by atoms with Gasteiger partial charge in [0.15, 0.2) is 5.96 Å². The fraction of sp³-hybridized carbons (Fsp3) is 0.375. The lowest BCUT2D eigenvalue weighted by Gasteiger charge is -2.12. The van der Waals surface area contributed by atoms with Gasteiger partial charge in [0.2, 0.25) is 0 Å². The molecule has 0 spiro atoms. The first-order valence-corrected chi connectivity index (χ1v) is 7.82. The van der Waals surface area contributed by atoms with Gasteiger partial charge in [-0.2, -0.15) is 5.10 Å². The molecule has 2 rings (SSSR count). The Morgan fingerprint density at radius 3 is 2.86 bits per heavy atom. The van der Waals surface area contributed by atoms with Gasteiger partial charge in [0, 0.05) is 44.1 Å². The molecule has 0 radical (unpaired) electrons. The molecule has 0 fully saturated rings. The summed E-state index contributed by atoms with van der Waals surface area (Å²) in [4.78, 5) is 4.22. The maximum Gasteiger partial charge on any atom is 0.190 e. The van der Waals surface area contributed by atoms with E-state index >= 15 is 0 Å². The Labute approximate surface area is 136 Å². The monoisotopic (exact) mass is 319 g/mol. The Hall–Kier alpha value is -2.01. The van der Waals surface area contributed by atoms with Crippen molar-refractivity contribution in [1.82, 2.24) is 20.4 Å². The van der Waals surface area contributed by atoms with Crippen LogP contribution in [0.4, 0.5) is 0 Å². The van der Waals surface area contributed by atoms with E-state index in [0.717, 1.165) is 43.5 Å². The van der Waals surface area contributed by atoms with Crippen molar-refractivity contribution in [3.63, 3.8) is 0 Å². The zero-order chi connectivity index (χ0) is 15.6. The minimum atomic E-state index is 0.777. The van der Waals surface area contributed by atoms with E-state index < -0.39 is 0 Å². The molecule has 0 unspecified atom stereocenters. The highest BCUT2D eigenvalue weighted by Gasteiger charge is 1.99. The van der Waals surface area contributed by atoms with Crippen molar-refractivity contribution < 1.29 is 0 Å². The van der Waals surface area contributed by atoms with Crippen molar-refractivity contribution in [3.8, 4) is 0 Å². The lowest BCUT2D eigenvalue weighted by atomic mass is 10.1. The fourth-order valence-corrected chi connectivity index (χ4v) is 2.33. The summed E-state index contributed by atoms with van der Waals surface area (Å²) in [5.74, 6) is 0.822. The molecule has 2 aromatic rings. The summed E-state index contributed by atoms with van der Waals surface area (Å²) in [6, 6.07) is 9.86. The molecule has 0 aliphatic heterocycles. The third-order valence-electron chi connectivity index (χ3n) is 3.23. The van der Waals surface area contributed by atoms with E-state index in [-0.39, 0.29) is 0 Å². The fourth-order valence-electron chi connectivity index (χ4n) is 2.12. The third-order valence-corrected chi connectivity index (χ3v) is 3.47. The molecule has 1 aromatic carbocycles. The van der Waals surface area contributed by atoms with Crippen LogP contribution >= 0.6 is 11.6 Å². The van der Waals surface area contributed by atoms with Crippen molar-refractivity contribution in [2.24, 2.45) is 4.99 Å². The second-order valence-electron chi connectivity index (χ2n) is 4.93. The molecule has 22 heavy (non-hydrogen) atoms. The van der Waals surface area contributed by atoms with Crippen LogP contribution in [0.2, 0.25) is 5.02 Å². The summed E-state index contributed by atoms with van der Waals surface area (Å²) in [6.07, 6.45) is 5.67. The van der Waals surface area contributed by atoms with Crippen molar-refractivity contribution in [3.05, 3.63) is 53.3 Å². The van der Waals surface area contributed by atoms with Gasteiger partial charge in [0.05, 0.1) is 0 Å². The Morgan fingerprint density at radius 1 is 1.27 bits per heavy atom. The maximum atomic E-state index is 5.98. The molecule has 2 N–H and O–H groups in total. The van der Waals surface area contributed by atoms with Crippen LogP contribution in [0.1, 0.15) is 12.0 Å². The molecule has 0 bridgehead atoms. The Kier molecular flexibility index (Phi) is 6.77. The van der Waals surface area contributed by atoms with Crippen LogP contribution in [0.5, 0.6) is 0 Å². The van der Waals surface area contributed by atoms with Gasteiger partial charge >= 0.3 is 0 Å². The van der Waals surface area contributed by atoms with Gasteiger partial charge < -0.3 is 10.6 Å². The lowest BCUT2D eigenvalue weighted by Crippen LogP contribution is -2.39. The number of aryl methyl sites for hydroxylation is 1. The number of aromatic nitrogens is 2. The van der Waals surface area contributed by atoms with Gasteiger partial charge in [-0.25, -0.2) is 0 Å². The molecule has 0 atom stereocenters. The van der Waals surface area contributed by atoms with Gasteiger partial charge in [-0.05, 0) is 36.6 Å². The van der Waals surface area contributed by atoms with Crippen LogP contribution in [0.3, 0.4) is 0 Å². The normalized spacial score (nSPS) is 11.5. The van der Waals surface area contributed by atoms with Gasteiger partial charge in [0.25, 0.3) is 0 Å². The summed E-state index contributed by atoms with van der Waals surface area (Å²) in [7, 11) is 1.78. The number of nitrogens with one attached hydrogen (secondary N) is 2. The SMILES string of the molecule is CN=C(NCCCn1cccn1)NCCc1cccc(Cl)c1. The van der Waals surface area contributed by atoms with Gasteiger partial charge in [0.1, 0.15) is 0 Å². The van der Waals surface area contributed by atoms with E-state index in [0.29, 0.717) is 0 Å². The Balaban J connectivity index is 1.62. The third kappa shape index (κ3) is 5.77. The number of hydrogen-bond acceptors (Lipinski definition) is 2. The highest BCUT2D eigenvalue weighted by molar-refractivity contribution is 6.30. The number of guanidine groups is 1. The molecule has 0 saturated carbocycles. The molecular formula is C16H22ClN5. The molecule has 6 heteroatoms. The van der Waals surface area contributed by atoms with Crippen molar-refractivity contribution in [2.45, 2.75) is 19.4 Å².